The first-order chi connectivity index (χ1) is 16.1. The van der Waals surface area contributed by atoms with Crippen molar-refractivity contribution < 1.29 is 22.8 Å². The van der Waals surface area contributed by atoms with Crippen molar-refractivity contribution in [3.8, 4) is 0 Å². The number of carbonyl (C=O) groups is 3. The van der Waals surface area contributed by atoms with E-state index in [0.29, 0.717) is 24.5 Å². The highest BCUT2D eigenvalue weighted by Gasteiger charge is 2.39. The van der Waals surface area contributed by atoms with Crippen LogP contribution in [0.3, 0.4) is 0 Å². The van der Waals surface area contributed by atoms with E-state index in [4.69, 9.17) is 11.6 Å². The van der Waals surface area contributed by atoms with Crippen molar-refractivity contribution >= 4 is 39.2 Å². The second-order valence-electron chi connectivity index (χ2n) is 8.18. The zero-order valence-electron chi connectivity index (χ0n) is 19.2. The molecule has 3 amide bonds. The smallest absolute Gasteiger partial charge is 0.261 e. The fourth-order valence-electron chi connectivity index (χ4n) is 3.68. The lowest BCUT2D eigenvalue weighted by molar-refractivity contribution is -0.139. The van der Waals surface area contributed by atoms with Crippen molar-refractivity contribution in [3.63, 3.8) is 0 Å². The maximum atomic E-state index is 13.5. The van der Waals surface area contributed by atoms with Gasteiger partial charge >= 0.3 is 0 Å². The average molecular weight is 506 g/mol. The number of hydrogen-bond donors (Lipinski definition) is 1. The maximum Gasteiger partial charge on any atom is 0.261 e. The molecule has 0 aromatic heterocycles. The number of amides is 3. The molecular formula is C24H28ClN3O5S. The normalized spacial score (nSPS) is 15.0. The summed E-state index contributed by atoms with van der Waals surface area (Å²) in [5.74, 6) is -1.46. The molecule has 0 unspecified atom stereocenters. The van der Waals surface area contributed by atoms with Crippen LogP contribution in [0.15, 0.2) is 53.4 Å². The lowest BCUT2D eigenvalue weighted by Gasteiger charge is -2.36. The maximum absolute atomic E-state index is 13.5. The molecule has 1 saturated heterocycles. The lowest BCUT2D eigenvalue weighted by Crippen LogP contribution is -2.57. The third-order valence-electron chi connectivity index (χ3n) is 5.64. The van der Waals surface area contributed by atoms with Crippen molar-refractivity contribution in [1.82, 2.24) is 15.1 Å². The predicted octanol–water partition coefficient (Wildman–Crippen LogP) is 2.65. The number of nitrogens with zero attached hydrogens (tertiary/aromatic N) is 2. The van der Waals surface area contributed by atoms with E-state index < -0.39 is 27.0 Å². The van der Waals surface area contributed by atoms with Crippen molar-refractivity contribution in [2.75, 3.05) is 26.2 Å². The molecule has 34 heavy (non-hydrogen) atoms. The molecule has 0 saturated carbocycles. The number of hydrogen-bond acceptors (Lipinski definition) is 5. The zero-order valence-corrected chi connectivity index (χ0v) is 20.7. The van der Waals surface area contributed by atoms with Gasteiger partial charge in [-0.25, -0.2) is 8.42 Å². The Morgan fingerprint density at radius 1 is 1.00 bits per heavy atom. The zero-order chi connectivity index (χ0) is 24.9. The van der Waals surface area contributed by atoms with E-state index in [2.05, 4.69) is 5.32 Å². The molecule has 182 valence electrons. The Morgan fingerprint density at radius 2 is 1.62 bits per heavy atom. The van der Waals surface area contributed by atoms with Gasteiger partial charge < -0.3 is 15.1 Å². The number of piperazine rings is 1. The quantitative estimate of drug-likeness (QED) is 0.623. The van der Waals surface area contributed by atoms with Gasteiger partial charge in [0.05, 0.1) is 4.90 Å². The van der Waals surface area contributed by atoms with Crippen LogP contribution in [-0.2, 0) is 19.4 Å². The number of rotatable bonds is 7. The summed E-state index contributed by atoms with van der Waals surface area (Å²) in [6.45, 7) is 4.72. The van der Waals surface area contributed by atoms with Gasteiger partial charge in [0.2, 0.25) is 21.1 Å². The minimum atomic E-state index is -4.25. The highest BCUT2D eigenvalue weighted by molar-refractivity contribution is 7.92. The van der Waals surface area contributed by atoms with Gasteiger partial charge in [-0.15, -0.1) is 0 Å². The molecule has 2 aromatic rings. The van der Waals surface area contributed by atoms with Crippen molar-refractivity contribution in [3.05, 3.63) is 64.7 Å². The van der Waals surface area contributed by atoms with Gasteiger partial charge in [0.1, 0.15) is 0 Å². The Balaban J connectivity index is 1.87. The van der Waals surface area contributed by atoms with Gasteiger partial charge in [-0.1, -0.05) is 42.3 Å². The van der Waals surface area contributed by atoms with Crippen LogP contribution in [0.4, 0.5) is 0 Å². The fraction of sp³-hybridized carbons (Fsp3) is 0.375. The van der Waals surface area contributed by atoms with Crippen LogP contribution in [-0.4, -0.2) is 67.5 Å². The van der Waals surface area contributed by atoms with E-state index in [-0.39, 0.29) is 29.5 Å². The van der Waals surface area contributed by atoms with Crippen LogP contribution in [0.5, 0.6) is 0 Å². The lowest BCUT2D eigenvalue weighted by atomic mass is 10.2. The monoisotopic (exact) mass is 505 g/mol. The van der Waals surface area contributed by atoms with E-state index in [1.54, 1.807) is 29.2 Å². The molecule has 8 nitrogen and oxygen atoms in total. The number of sulfone groups is 1. The third-order valence-corrected chi connectivity index (χ3v) is 7.75. The second kappa shape index (κ2) is 11.0. The third kappa shape index (κ3) is 5.95. The number of nitrogens with one attached hydrogen (secondary N) is 1. The van der Waals surface area contributed by atoms with E-state index >= 15 is 0 Å². The Hall–Kier alpha value is -2.91. The summed E-state index contributed by atoms with van der Waals surface area (Å²) in [6.07, 6.45) is 1.15. The van der Waals surface area contributed by atoms with Gasteiger partial charge in [-0.05, 0) is 43.7 Å². The van der Waals surface area contributed by atoms with Crippen LogP contribution in [0.25, 0.3) is 0 Å². The van der Waals surface area contributed by atoms with E-state index in [1.807, 2.05) is 13.8 Å². The molecule has 3 rings (SSSR count). The summed E-state index contributed by atoms with van der Waals surface area (Å²) < 4.78 is 26.9. The van der Waals surface area contributed by atoms with E-state index in [0.717, 1.165) is 12.0 Å². The Kier molecular flexibility index (Phi) is 8.33. The molecule has 10 heteroatoms. The van der Waals surface area contributed by atoms with Crippen LogP contribution >= 0.6 is 11.6 Å². The highest BCUT2D eigenvalue weighted by atomic mass is 35.5. The highest BCUT2D eigenvalue weighted by Crippen LogP contribution is 2.20. The molecule has 0 spiro atoms. The number of benzene rings is 2. The second-order valence-corrected chi connectivity index (χ2v) is 10.6. The van der Waals surface area contributed by atoms with Gasteiger partial charge in [0, 0.05) is 43.2 Å². The summed E-state index contributed by atoms with van der Waals surface area (Å²) >= 11 is 5.97. The Bertz CT molecular complexity index is 1160. The molecule has 1 aliphatic heterocycles. The van der Waals surface area contributed by atoms with Gasteiger partial charge in [0.25, 0.3) is 11.8 Å². The van der Waals surface area contributed by atoms with Gasteiger partial charge in [-0.2, -0.15) is 0 Å². The molecule has 1 aliphatic rings. The van der Waals surface area contributed by atoms with Crippen LogP contribution in [0.1, 0.15) is 35.7 Å². The number of aryl methyl sites for hydroxylation is 1. The molecule has 0 aliphatic carbocycles. The van der Waals surface area contributed by atoms with E-state index in [9.17, 15) is 22.8 Å². The standard InChI is InChI=1S/C24H28ClN3O5S/c1-3-5-21(29)27-12-14-28(15-13-27)24(31)23(26-22(30)18-6-4-7-19(25)16-18)34(32,33)20-10-8-17(2)9-11-20/h4,6-11,16,23H,3,5,12-15H2,1-2H3,(H,26,30)/t23-/m1/s1. The first kappa shape index (κ1) is 25.7. The van der Waals surface area contributed by atoms with Crippen molar-refractivity contribution in [1.29, 1.82) is 0 Å². The Labute approximate surface area is 204 Å². The first-order valence-corrected chi connectivity index (χ1v) is 13.0. The first-order valence-electron chi connectivity index (χ1n) is 11.1. The molecule has 1 fully saturated rings. The minimum absolute atomic E-state index is 0.00712. The van der Waals surface area contributed by atoms with Gasteiger partial charge in [-0.3, -0.25) is 14.4 Å². The van der Waals surface area contributed by atoms with Gasteiger partial charge in [0.15, 0.2) is 0 Å². The van der Waals surface area contributed by atoms with Crippen LogP contribution in [0, 0.1) is 6.92 Å². The fourth-order valence-corrected chi connectivity index (χ4v) is 5.34. The van der Waals surface area contributed by atoms with Crippen molar-refractivity contribution in [2.24, 2.45) is 0 Å². The SMILES string of the molecule is CCCC(=O)N1CCN(C(=O)[C@H](NC(=O)c2cccc(Cl)c2)S(=O)(=O)c2ccc(C)cc2)CC1. The average Bonchev–Trinajstić information content (AvgIpc) is 2.82. The molecule has 1 N–H and O–H groups in total. The largest absolute Gasteiger partial charge is 0.339 e. The molecule has 0 bridgehead atoms. The molecular weight excluding hydrogens is 478 g/mol. The van der Waals surface area contributed by atoms with E-state index in [1.165, 1.54) is 29.2 Å². The van der Waals surface area contributed by atoms with Crippen LogP contribution in [0.2, 0.25) is 5.02 Å². The summed E-state index contributed by atoms with van der Waals surface area (Å²) in [4.78, 5) is 41.5. The Morgan fingerprint density at radius 3 is 2.21 bits per heavy atom. The molecule has 1 atom stereocenters. The summed E-state index contributed by atoms with van der Waals surface area (Å²) in [6, 6.07) is 12.1. The topological polar surface area (TPSA) is 104 Å². The summed E-state index contributed by atoms with van der Waals surface area (Å²) in [7, 11) is -4.25. The predicted molar refractivity (Wildman–Crippen MR) is 129 cm³/mol. The summed E-state index contributed by atoms with van der Waals surface area (Å²) in [5.41, 5.74) is 0.997. The minimum Gasteiger partial charge on any atom is -0.339 e. The molecule has 0 radical (unpaired) electrons. The number of halogens is 1. The summed E-state index contributed by atoms with van der Waals surface area (Å²) in [5, 5.41) is 0.898. The van der Waals surface area contributed by atoms with Crippen molar-refractivity contribution in [2.45, 2.75) is 37.0 Å². The van der Waals surface area contributed by atoms with Crippen LogP contribution < -0.4 is 5.32 Å². The number of carbonyl (C=O) groups excluding carboxylic acids is 3. The molecule has 1 heterocycles. The molecule has 2 aromatic carbocycles.